The Morgan fingerprint density at radius 3 is 3.19 bits per heavy atom. The summed E-state index contributed by atoms with van der Waals surface area (Å²) in [5.74, 6) is 1.47. The quantitative estimate of drug-likeness (QED) is 0.763. The molecule has 0 aliphatic carbocycles. The molecule has 1 aliphatic heterocycles. The first-order valence-corrected chi connectivity index (χ1v) is 6.02. The van der Waals surface area contributed by atoms with Crippen molar-refractivity contribution in [1.29, 1.82) is 0 Å². The molecule has 88 valence electrons. The lowest BCUT2D eigenvalue weighted by atomic mass is 10.1. The standard InChI is InChI=1S/C11H15ClN2O2/c1-8-6-10(16-13-8)11(15)14-5-3-9(7-14)2-4-12/h6,9H,2-5,7H2,1H3. The van der Waals surface area contributed by atoms with Crippen molar-refractivity contribution < 1.29 is 9.32 Å². The van der Waals surface area contributed by atoms with E-state index in [-0.39, 0.29) is 5.91 Å². The molecule has 2 heterocycles. The van der Waals surface area contributed by atoms with E-state index in [2.05, 4.69) is 5.16 Å². The monoisotopic (exact) mass is 242 g/mol. The molecular weight excluding hydrogens is 228 g/mol. The van der Waals surface area contributed by atoms with Crippen LogP contribution in [0.5, 0.6) is 0 Å². The van der Waals surface area contributed by atoms with Gasteiger partial charge < -0.3 is 9.42 Å². The maximum absolute atomic E-state index is 12.0. The predicted molar refractivity (Wildman–Crippen MR) is 60.6 cm³/mol. The molecule has 5 heteroatoms. The fourth-order valence-corrected chi connectivity index (χ4v) is 2.34. The van der Waals surface area contributed by atoms with Gasteiger partial charge in [0.25, 0.3) is 5.91 Å². The second kappa shape index (κ2) is 4.87. The number of aryl methyl sites for hydroxylation is 1. The van der Waals surface area contributed by atoms with Gasteiger partial charge in [-0.2, -0.15) is 0 Å². The highest BCUT2D eigenvalue weighted by atomic mass is 35.5. The number of rotatable bonds is 3. The third-order valence-electron chi connectivity index (χ3n) is 2.93. The number of carbonyl (C=O) groups is 1. The molecule has 0 bridgehead atoms. The van der Waals surface area contributed by atoms with E-state index in [1.165, 1.54) is 0 Å². The van der Waals surface area contributed by atoms with E-state index in [9.17, 15) is 4.79 Å². The van der Waals surface area contributed by atoms with E-state index in [0.717, 1.165) is 31.6 Å². The van der Waals surface area contributed by atoms with Gasteiger partial charge in [-0.1, -0.05) is 5.16 Å². The zero-order valence-corrected chi connectivity index (χ0v) is 10.0. The molecule has 1 unspecified atom stereocenters. The van der Waals surface area contributed by atoms with Crippen molar-refractivity contribution >= 4 is 17.5 Å². The van der Waals surface area contributed by atoms with Crippen LogP contribution in [0.25, 0.3) is 0 Å². The molecule has 1 atom stereocenters. The van der Waals surface area contributed by atoms with Crippen LogP contribution in [0.3, 0.4) is 0 Å². The zero-order chi connectivity index (χ0) is 11.5. The highest BCUT2D eigenvalue weighted by molar-refractivity contribution is 6.17. The zero-order valence-electron chi connectivity index (χ0n) is 9.28. The molecule has 0 radical (unpaired) electrons. The summed E-state index contributed by atoms with van der Waals surface area (Å²) in [4.78, 5) is 13.8. The topological polar surface area (TPSA) is 46.3 Å². The molecule has 1 saturated heterocycles. The maximum atomic E-state index is 12.0. The van der Waals surface area contributed by atoms with Gasteiger partial charge in [-0.05, 0) is 25.7 Å². The molecule has 16 heavy (non-hydrogen) atoms. The van der Waals surface area contributed by atoms with Crippen molar-refractivity contribution in [2.24, 2.45) is 5.92 Å². The summed E-state index contributed by atoms with van der Waals surface area (Å²) < 4.78 is 4.97. The Kier molecular flexibility index (Phi) is 3.49. The van der Waals surface area contributed by atoms with Crippen LogP contribution in [0, 0.1) is 12.8 Å². The Bertz CT molecular complexity index is 378. The van der Waals surface area contributed by atoms with Gasteiger partial charge in [0.05, 0.1) is 5.69 Å². The van der Waals surface area contributed by atoms with Gasteiger partial charge in [0.1, 0.15) is 0 Å². The third-order valence-corrected chi connectivity index (χ3v) is 3.15. The van der Waals surface area contributed by atoms with Crippen LogP contribution in [0.1, 0.15) is 29.1 Å². The van der Waals surface area contributed by atoms with E-state index in [4.69, 9.17) is 16.1 Å². The van der Waals surface area contributed by atoms with Gasteiger partial charge in [-0.25, -0.2) is 0 Å². The fraction of sp³-hybridized carbons (Fsp3) is 0.636. The molecule has 0 N–H and O–H groups in total. The lowest BCUT2D eigenvalue weighted by molar-refractivity contribution is 0.0745. The molecule has 0 saturated carbocycles. The van der Waals surface area contributed by atoms with Gasteiger partial charge in [0, 0.05) is 25.0 Å². The van der Waals surface area contributed by atoms with Crippen LogP contribution in [-0.4, -0.2) is 34.9 Å². The third kappa shape index (κ3) is 2.38. The van der Waals surface area contributed by atoms with Crippen molar-refractivity contribution in [2.75, 3.05) is 19.0 Å². The minimum atomic E-state index is -0.0577. The van der Waals surface area contributed by atoms with E-state index in [1.54, 1.807) is 13.0 Å². The van der Waals surface area contributed by atoms with Gasteiger partial charge >= 0.3 is 0 Å². The minimum Gasteiger partial charge on any atom is -0.351 e. The molecule has 0 aromatic carbocycles. The van der Waals surface area contributed by atoms with Crippen molar-refractivity contribution in [3.8, 4) is 0 Å². The fourth-order valence-electron chi connectivity index (χ4n) is 2.03. The molecule has 1 fully saturated rings. The van der Waals surface area contributed by atoms with E-state index >= 15 is 0 Å². The number of hydrogen-bond donors (Lipinski definition) is 0. The van der Waals surface area contributed by atoms with E-state index < -0.39 is 0 Å². The molecule has 0 spiro atoms. The lowest BCUT2D eigenvalue weighted by Gasteiger charge is -2.13. The molecule has 4 nitrogen and oxygen atoms in total. The Hall–Kier alpha value is -1.03. The molecule has 1 aromatic heterocycles. The van der Waals surface area contributed by atoms with Crippen LogP contribution in [0.4, 0.5) is 0 Å². The first-order valence-electron chi connectivity index (χ1n) is 5.49. The normalized spacial score (nSPS) is 20.4. The maximum Gasteiger partial charge on any atom is 0.292 e. The van der Waals surface area contributed by atoms with Crippen molar-refractivity contribution in [2.45, 2.75) is 19.8 Å². The summed E-state index contributed by atoms with van der Waals surface area (Å²) in [6, 6.07) is 1.68. The Balaban J connectivity index is 1.97. The summed E-state index contributed by atoms with van der Waals surface area (Å²) in [5.41, 5.74) is 0.736. The van der Waals surface area contributed by atoms with Crippen LogP contribution in [0.15, 0.2) is 10.6 Å². The number of aromatic nitrogens is 1. The average molecular weight is 243 g/mol. The number of nitrogens with zero attached hydrogens (tertiary/aromatic N) is 2. The Morgan fingerprint density at radius 1 is 1.75 bits per heavy atom. The van der Waals surface area contributed by atoms with Crippen LogP contribution < -0.4 is 0 Å². The van der Waals surface area contributed by atoms with Crippen LogP contribution in [-0.2, 0) is 0 Å². The molecule has 1 aliphatic rings. The number of carbonyl (C=O) groups excluding carboxylic acids is 1. The molecular formula is C11H15ClN2O2. The summed E-state index contributed by atoms with van der Waals surface area (Å²) >= 11 is 5.70. The highest BCUT2D eigenvalue weighted by Gasteiger charge is 2.28. The second-order valence-electron chi connectivity index (χ2n) is 4.22. The number of amides is 1. The van der Waals surface area contributed by atoms with E-state index in [1.807, 2.05) is 4.90 Å². The lowest BCUT2D eigenvalue weighted by Crippen LogP contribution is -2.28. The average Bonchev–Trinajstić information content (AvgIpc) is 2.87. The summed E-state index contributed by atoms with van der Waals surface area (Å²) in [6.07, 6.45) is 2.01. The molecule has 2 rings (SSSR count). The van der Waals surface area contributed by atoms with Crippen molar-refractivity contribution in [3.05, 3.63) is 17.5 Å². The predicted octanol–water partition coefficient (Wildman–Crippen LogP) is 2.07. The summed E-state index contributed by atoms with van der Waals surface area (Å²) in [5, 5.41) is 3.72. The number of alkyl halides is 1. The molecule has 1 amide bonds. The Morgan fingerprint density at radius 2 is 2.56 bits per heavy atom. The second-order valence-corrected chi connectivity index (χ2v) is 4.59. The van der Waals surface area contributed by atoms with E-state index in [0.29, 0.717) is 17.6 Å². The summed E-state index contributed by atoms with van der Waals surface area (Å²) in [6.45, 7) is 3.38. The first-order chi connectivity index (χ1) is 7.70. The summed E-state index contributed by atoms with van der Waals surface area (Å²) in [7, 11) is 0. The van der Waals surface area contributed by atoms with Crippen LogP contribution in [0.2, 0.25) is 0 Å². The van der Waals surface area contributed by atoms with Gasteiger partial charge in [0.15, 0.2) is 0 Å². The first kappa shape index (κ1) is 11.5. The van der Waals surface area contributed by atoms with Gasteiger partial charge in [-0.3, -0.25) is 4.79 Å². The smallest absolute Gasteiger partial charge is 0.292 e. The van der Waals surface area contributed by atoms with Gasteiger partial charge in [-0.15, -0.1) is 11.6 Å². The minimum absolute atomic E-state index is 0.0577. The number of likely N-dealkylation sites (tertiary alicyclic amines) is 1. The van der Waals surface area contributed by atoms with Crippen molar-refractivity contribution in [3.63, 3.8) is 0 Å². The Labute approximate surface area is 99.5 Å². The van der Waals surface area contributed by atoms with Crippen LogP contribution >= 0.6 is 11.6 Å². The largest absolute Gasteiger partial charge is 0.351 e. The number of halogens is 1. The number of hydrogen-bond acceptors (Lipinski definition) is 3. The highest BCUT2D eigenvalue weighted by Crippen LogP contribution is 2.21. The molecule has 1 aromatic rings. The SMILES string of the molecule is Cc1cc(C(=O)N2CCC(CCCl)C2)on1. The van der Waals surface area contributed by atoms with Crippen molar-refractivity contribution in [1.82, 2.24) is 10.1 Å². The van der Waals surface area contributed by atoms with Gasteiger partial charge in [0.2, 0.25) is 5.76 Å².